The van der Waals surface area contributed by atoms with Crippen molar-refractivity contribution in [2.45, 2.75) is 37.0 Å². The van der Waals surface area contributed by atoms with E-state index in [1.54, 1.807) is 0 Å². The minimum absolute atomic E-state index is 0.349. The van der Waals surface area contributed by atoms with Crippen molar-refractivity contribution in [2.24, 2.45) is 0 Å². The Kier molecular flexibility index (Phi) is 8.52. The summed E-state index contributed by atoms with van der Waals surface area (Å²) in [6, 6.07) is 55.1. The van der Waals surface area contributed by atoms with Gasteiger partial charge in [-0.1, -0.05) is 134 Å². The highest BCUT2D eigenvalue weighted by atomic mass is 14.3. The molecule has 0 heterocycles. The van der Waals surface area contributed by atoms with Gasteiger partial charge in [-0.05, 0) is 46.9 Å². The molecular weight excluding hydrogens is 444 g/mol. The lowest BCUT2D eigenvalue weighted by molar-refractivity contribution is 0.481. The molecule has 0 aromatic heterocycles. The second-order valence-corrected chi connectivity index (χ2v) is 9.91. The maximum Gasteiger partial charge on any atom is 0.00951 e. The molecule has 0 N–H and O–H groups in total. The largest absolute Gasteiger partial charge is 0.192 e. The molecule has 5 aromatic carbocycles. The number of rotatable bonds is 11. The normalized spacial score (nSPS) is 12.7. The molecule has 0 saturated heterocycles. The van der Waals surface area contributed by atoms with Crippen LogP contribution in [0, 0.1) is 6.42 Å². The lowest BCUT2D eigenvalue weighted by atomic mass is 9.75. The fraction of sp³-hybridized carbons (Fsp3) is 0.162. The van der Waals surface area contributed by atoms with Crippen LogP contribution in [-0.2, 0) is 0 Å². The van der Waals surface area contributed by atoms with E-state index in [1.807, 2.05) is 0 Å². The Morgan fingerprint density at radius 1 is 0.378 bits per heavy atom. The van der Waals surface area contributed by atoms with Crippen LogP contribution in [0.2, 0.25) is 0 Å². The molecule has 0 saturated carbocycles. The molecular formula is C37H35-. The van der Waals surface area contributed by atoms with E-state index in [1.165, 1.54) is 27.8 Å². The van der Waals surface area contributed by atoms with E-state index in [-0.39, 0.29) is 0 Å². The van der Waals surface area contributed by atoms with E-state index in [4.69, 9.17) is 0 Å². The van der Waals surface area contributed by atoms with Gasteiger partial charge in [-0.25, -0.2) is 0 Å². The minimum atomic E-state index is 0.349. The minimum Gasteiger partial charge on any atom is -0.192 e. The van der Waals surface area contributed by atoms with Gasteiger partial charge in [0.15, 0.2) is 0 Å². The molecule has 0 nitrogen and oxygen atoms in total. The summed E-state index contributed by atoms with van der Waals surface area (Å²) in [5, 5.41) is 0. The van der Waals surface area contributed by atoms with Crippen LogP contribution in [0.25, 0.3) is 0 Å². The Morgan fingerprint density at radius 2 is 0.757 bits per heavy atom. The zero-order valence-electron chi connectivity index (χ0n) is 21.4. The average Bonchev–Trinajstić information content (AvgIpc) is 2.99. The van der Waals surface area contributed by atoms with Gasteiger partial charge >= 0.3 is 0 Å². The number of hydrogen-bond donors (Lipinski definition) is 0. The van der Waals surface area contributed by atoms with Crippen LogP contribution in [0.1, 0.15) is 64.8 Å². The molecule has 5 aromatic rings. The van der Waals surface area contributed by atoms with Crippen LogP contribution in [-0.4, -0.2) is 0 Å². The summed E-state index contributed by atoms with van der Waals surface area (Å²) in [5.41, 5.74) is 6.93. The van der Waals surface area contributed by atoms with Crippen molar-refractivity contribution in [3.8, 4) is 0 Å². The predicted molar refractivity (Wildman–Crippen MR) is 157 cm³/mol. The van der Waals surface area contributed by atoms with Crippen LogP contribution >= 0.6 is 0 Å². The quantitative estimate of drug-likeness (QED) is 0.165. The van der Waals surface area contributed by atoms with Crippen molar-refractivity contribution in [1.82, 2.24) is 0 Å². The Morgan fingerprint density at radius 3 is 1.22 bits per heavy atom. The molecule has 0 aliphatic carbocycles. The molecule has 2 atom stereocenters. The second kappa shape index (κ2) is 12.8. The van der Waals surface area contributed by atoms with Gasteiger partial charge < -0.3 is 0 Å². The van der Waals surface area contributed by atoms with Crippen molar-refractivity contribution < 1.29 is 0 Å². The lowest BCUT2D eigenvalue weighted by Gasteiger charge is -2.30. The molecule has 0 fully saturated rings. The molecule has 184 valence electrons. The van der Waals surface area contributed by atoms with Crippen molar-refractivity contribution in [2.75, 3.05) is 0 Å². The highest BCUT2D eigenvalue weighted by Gasteiger charge is 2.24. The molecule has 0 radical (unpaired) electrons. The molecule has 0 heteroatoms. The van der Waals surface area contributed by atoms with Gasteiger partial charge in [-0.3, -0.25) is 0 Å². The zero-order chi connectivity index (χ0) is 25.1. The first-order valence-electron chi connectivity index (χ1n) is 13.4. The van der Waals surface area contributed by atoms with Gasteiger partial charge in [0, 0.05) is 5.92 Å². The van der Waals surface area contributed by atoms with Crippen LogP contribution in [0.15, 0.2) is 152 Å². The Bertz CT molecular complexity index is 1260. The average molecular weight is 480 g/mol. The van der Waals surface area contributed by atoms with Crippen LogP contribution in [0.5, 0.6) is 0 Å². The van der Waals surface area contributed by atoms with E-state index in [0.29, 0.717) is 17.8 Å². The molecule has 0 spiro atoms. The van der Waals surface area contributed by atoms with Crippen molar-refractivity contribution in [3.63, 3.8) is 0 Å². The third-order valence-electron chi connectivity index (χ3n) is 7.47. The smallest absolute Gasteiger partial charge is 0.00951 e. The van der Waals surface area contributed by atoms with Crippen LogP contribution < -0.4 is 0 Å². The molecule has 0 amide bonds. The monoisotopic (exact) mass is 479 g/mol. The molecule has 0 aliphatic heterocycles. The van der Waals surface area contributed by atoms with E-state index in [2.05, 4.69) is 158 Å². The van der Waals surface area contributed by atoms with Crippen molar-refractivity contribution in [1.29, 1.82) is 0 Å². The maximum atomic E-state index is 2.41. The van der Waals surface area contributed by atoms with Crippen molar-refractivity contribution >= 4 is 0 Å². The van der Waals surface area contributed by atoms with Gasteiger partial charge in [0.05, 0.1) is 0 Å². The van der Waals surface area contributed by atoms with Gasteiger partial charge in [-0.15, -0.1) is 12.1 Å². The van der Waals surface area contributed by atoms with Crippen molar-refractivity contribution in [3.05, 3.63) is 186 Å². The molecule has 37 heavy (non-hydrogen) atoms. The Hall–Kier alpha value is -4.03. The topological polar surface area (TPSA) is 0 Å². The van der Waals surface area contributed by atoms with Gasteiger partial charge in [0.25, 0.3) is 0 Å². The first-order valence-corrected chi connectivity index (χ1v) is 13.4. The summed E-state index contributed by atoms with van der Waals surface area (Å²) in [4.78, 5) is 0. The lowest BCUT2D eigenvalue weighted by Crippen LogP contribution is -2.13. The summed E-state index contributed by atoms with van der Waals surface area (Å²) in [6.07, 6.45) is 5.62. The number of hydrogen-bond acceptors (Lipinski definition) is 0. The summed E-state index contributed by atoms with van der Waals surface area (Å²) in [5.74, 6) is 1.22. The first-order chi connectivity index (χ1) is 18.4. The van der Waals surface area contributed by atoms with Gasteiger partial charge in [0.1, 0.15) is 0 Å². The molecule has 0 bridgehead atoms. The first kappa shape index (κ1) is 24.7. The highest BCUT2D eigenvalue weighted by Crippen LogP contribution is 2.41. The SMILES string of the molecule is c1ccc([CH-]CC(CC(CC(c2ccccc2)c2ccccc2)c2ccccc2)c2ccccc2)cc1. The fourth-order valence-corrected chi connectivity index (χ4v) is 5.52. The molecule has 2 unspecified atom stereocenters. The second-order valence-electron chi connectivity index (χ2n) is 9.91. The maximum absolute atomic E-state index is 2.41. The van der Waals surface area contributed by atoms with E-state index in [9.17, 15) is 0 Å². The Labute approximate surface area is 222 Å². The zero-order valence-corrected chi connectivity index (χ0v) is 21.4. The van der Waals surface area contributed by atoms with Gasteiger partial charge in [-0.2, -0.15) is 24.1 Å². The van der Waals surface area contributed by atoms with E-state index in [0.717, 1.165) is 19.3 Å². The van der Waals surface area contributed by atoms with E-state index < -0.39 is 0 Å². The predicted octanol–water partition coefficient (Wildman–Crippen LogP) is 9.81. The standard InChI is InChI=1S/C37H35/c1-6-16-30(17-7-1)26-27-35(31-18-8-2-9-19-31)28-36(32-20-10-3-11-21-32)29-37(33-22-12-4-13-23-33)34-24-14-5-15-25-34/h1-26,35-37H,27-29H2/q-1. The summed E-state index contributed by atoms with van der Waals surface area (Å²) in [6.45, 7) is 0. The van der Waals surface area contributed by atoms with Crippen LogP contribution in [0.3, 0.4) is 0 Å². The third kappa shape index (κ3) is 6.80. The summed E-state index contributed by atoms with van der Waals surface area (Å²) in [7, 11) is 0. The summed E-state index contributed by atoms with van der Waals surface area (Å²) < 4.78 is 0. The number of benzene rings is 5. The molecule has 5 rings (SSSR count). The Balaban J connectivity index is 1.47. The third-order valence-corrected chi connectivity index (χ3v) is 7.47. The highest BCUT2D eigenvalue weighted by molar-refractivity contribution is 5.34. The molecule has 0 aliphatic rings. The van der Waals surface area contributed by atoms with E-state index >= 15 is 0 Å². The summed E-state index contributed by atoms with van der Waals surface area (Å²) >= 11 is 0. The fourth-order valence-electron chi connectivity index (χ4n) is 5.52. The van der Waals surface area contributed by atoms with Gasteiger partial charge in [0.2, 0.25) is 0 Å². The van der Waals surface area contributed by atoms with Crippen LogP contribution in [0.4, 0.5) is 0 Å².